The van der Waals surface area contributed by atoms with Crippen LogP contribution in [0, 0.1) is 5.82 Å². The zero-order valence-corrected chi connectivity index (χ0v) is 12.1. The molecule has 2 aromatic rings. The van der Waals surface area contributed by atoms with Crippen LogP contribution in [0.15, 0.2) is 48.5 Å². The van der Waals surface area contributed by atoms with Gasteiger partial charge in [0.2, 0.25) is 0 Å². The van der Waals surface area contributed by atoms with E-state index in [0.29, 0.717) is 23.7 Å². The van der Waals surface area contributed by atoms with Crippen molar-refractivity contribution in [2.75, 3.05) is 13.6 Å². The number of hydrogen-bond donors (Lipinski definition) is 1. The highest BCUT2D eigenvalue weighted by molar-refractivity contribution is 6.30. The molecule has 0 aliphatic carbocycles. The molecule has 0 fully saturated rings. The molecular weight excluding hydrogens is 275 g/mol. The van der Waals surface area contributed by atoms with Crippen molar-refractivity contribution in [3.05, 3.63) is 70.5 Å². The third-order valence-corrected chi connectivity index (χ3v) is 3.64. The average Bonchev–Trinajstić information content (AvgIpc) is 2.44. The van der Waals surface area contributed by atoms with Crippen molar-refractivity contribution in [2.45, 2.75) is 12.6 Å². The molecule has 1 unspecified atom stereocenters. The minimum absolute atomic E-state index is 0.0341. The molecule has 0 heterocycles. The Balaban J connectivity index is 2.15. The van der Waals surface area contributed by atoms with Crippen LogP contribution in [0.2, 0.25) is 5.02 Å². The van der Waals surface area contributed by atoms with Gasteiger partial charge < -0.3 is 5.73 Å². The molecule has 0 spiro atoms. The highest BCUT2D eigenvalue weighted by Gasteiger charge is 2.16. The summed E-state index contributed by atoms with van der Waals surface area (Å²) in [5, 5.41) is 0.696. The number of nitrogens with zero attached hydrogens (tertiary/aromatic N) is 1. The largest absolute Gasteiger partial charge is 0.329 e. The Hall–Kier alpha value is -1.42. The first-order valence-electron chi connectivity index (χ1n) is 6.51. The van der Waals surface area contributed by atoms with Crippen LogP contribution in [-0.4, -0.2) is 18.5 Å². The van der Waals surface area contributed by atoms with E-state index in [4.69, 9.17) is 17.3 Å². The predicted molar refractivity (Wildman–Crippen MR) is 81.1 cm³/mol. The molecular formula is C16H18ClFN2. The quantitative estimate of drug-likeness (QED) is 0.912. The van der Waals surface area contributed by atoms with E-state index < -0.39 is 0 Å². The molecule has 2 nitrogen and oxygen atoms in total. The van der Waals surface area contributed by atoms with Gasteiger partial charge in [-0.2, -0.15) is 0 Å². The van der Waals surface area contributed by atoms with Crippen LogP contribution in [0.4, 0.5) is 4.39 Å². The van der Waals surface area contributed by atoms with Crippen molar-refractivity contribution in [3.8, 4) is 0 Å². The van der Waals surface area contributed by atoms with Crippen LogP contribution in [0.1, 0.15) is 17.2 Å². The Morgan fingerprint density at radius 2 is 1.80 bits per heavy atom. The summed E-state index contributed by atoms with van der Waals surface area (Å²) in [4.78, 5) is 2.04. The van der Waals surface area contributed by atoms with Crippen LogP contribution in [0.3, 0.4) is 0 Å². The number of hydrogen-bond acceptors (Lipinski definition) is 2. The van der Waals surface area contributed by atoms with Gasteiger partial charge in [0.1, 0.15) is 5.82 Å². The molecule has 2 aromatic carbocycles. The Morgan fingerprint density at radius 3 is 2.40 bits per heavy atom. The summed E-state index contributed by atoms with van der Waals surface area (Å²) in [5.74, 6) is -0.189. The number of rotatable bonds is 5. The maximum atomic E-state index is 13.7. The van der Waals surface area contributed by atoms with Gasteiger partial charge in [-0.1, -0.05) is 41.9 Å². The lowest BCUT2D eigenvalue weighted by atomic mass is 10.0. The number of halogens is 2. The fourth-order valence-corrected chi connectivity index (χ4v) is 2.39. The van der Waals surface area contributed by atoms with Crippen molar-refractivity contribution >= 4 is 11.6 Å². The van der Waals surface area contributed by atoms with Gasteiger partial charge >= 0.3 is 0 Å². The second-order valence-electron chi connectivity index (χ2n) is 4.81. The molecule has 0 aromatic heterocycles. The minimum atomic E-state index is -0.189. The lowest BCUT2D eigenvalue weighted by molar-refractivity contribution is 0.238. The molecule has 2 rings (SSSR count). The SMILES string of the molecule is CN(Cc1ccccc1F)C(CN)c1ccc(Cl)cc1. The number of likely N-dealkylation sites (N-methyl/N-ethyl adjacent to an activating group) is 1. The van der Waals surface area contributed by atoms with Crippen LogP contribution in [0.25, 0.3) is 0 Å². The topological polar surface area (TPSA) is 29.3 Å². The molecule has 1 atom stereocenters. The summed E-state index contributed by atoms with van der Waals surface area (Å²) in [7, 11) is 1.94. The van der Waals surface area contributed by atoms with Gasteiger partial charge in [-0.15, -0.1) is 0 Å². The van der Waals surface area contributed by atoms with E-state index in [1.54, 1.807) is 12.1 Å². The predicted octanol–water partition coefficient (Wildman–Crippen LogP) is 3.61. The fraction of sp³-hybridized carbons (Fsp3) is 0.250. The van der Waals surface area contributed by atoms with E-state index in [0.717, 1.165) is 5.56 Å². The zero-order valence-electron chi connectivity index (χ0n) is 11.4. The maximum absolute atomic E-state index is 13.7. The van der Waals surface area contributed by atoms with Gasteiger partial charge in [0.15, 0.2) is 0 Å². The van der Waals surface area contributed by atoms with E-state index in [1.807, 2.05) is 42.3 Å². The van der Waals surface area contributed by atoms with Gasteiger partial charge in [-0.05, 0) is 30.8 Å². The molecule has 106 valence electrons. The van der Waals surface area contributed by atoms with Gasteiger partial charge in [0.25, 0.3) is 0 Å². The number of nitrogens with two attached hydrogens (primary N) is 1. The standard InChI is InChI=1S/C16H18ClFN2/c1-20(11-13-4-2-3-5-15(13)18)16(10-19)12-6-8-14(17)9-7-12/h2-9,16H,10-11,19H2,1H3. The second-order valence-corrected chi connectivity index (χ2v) is 5.25. The third kappa shape index (κ3) is 3.57. The molecule has 0 amide bonds. The Labute approximate surface area is 124 Å². The summed E-state index contributed by atoms with van der Waals surface area (Å²) >= 11 is 5.90. The summed E-state index contributed by atoms with van der Waals surface area (Å²) in [6, 6.07) is 14.4. The van der Waals surface area contributed by atoms with E-state index in [2.05, 4.69) is 0 Å². The molecule has 0 saturated carbocycles. The fourth-order valence-electron chi connectivity index (χ4n) is 2.26. The first-order chi connectivity index (χ1) is 9.61. The number of benzene rings is 2. The van der Waals surface area contributed by atoms with Gasteiger partial charge in [-0.3, -0.25) is 4.90 Å². The third-order valence-electron chi connectivity index (χ3n) is 3.39. The van der Waals surface area contributed by atoms with Crippen molar-refractivity contribution in [1.82, 2.24) is 4.90 Å². The molecule has 2 N–H and O–H groups in total. The van der Waals surface area contributed by atoms with E-state index in [9.17, 15) is 4.39 Å². The monoisotopic (exact) mass is 292 g/mol. The van der Waals surface area contributed by atoms with E-state index in [-0.39, 0.29) is 11.9 Å². The average molecular weight is 293 g/mol. The molecule has 0 aliphatic heterocycles. The van der Waals surface area contributed by atoms with E-state index in [1.165, 1.54) is 6.07 Å². The summed E-state index contributed by atoms with van der Waals surface area (Å²) in [5.41, 5.74) is 7.62. The summed E-state index contributed by atoms with van der Waals surface area (Å²) < 4.78 is 13.7. The van der Waals surface area contributed by atoms with Gasteiger partial charge in [-0.25, -0.2) is 4.39 Å². The molecule has 0 saturated heterocycles. The highest BCUT2D eigenvalue weighted by atomic mass is 35.5. The molecule has 20 heavy (non-hydrogen) atoms. The molecule has 0 aliphatic rings. The van der Waals surface area contributed by atoms with Gasteiger partial charge in [0, 0.05) is 29.7 Å². The lowest BCUT2D eigenvalue weighted by Crippen LogP contribution is -2.30. The minimum Gasteiger partial charge on any atom is -0.329 e. The van der Waals surface area contributed by atoms with Crippen molar-refractivity contribution in [2.24, 2.45) is 5.73 Å². The van der Waals surface area contributed by atoms with Crippen molar-refractivity contribution in [1.29, 1.82) is 0 Å². The summed E-state index contributed by atoms with van der Waals surface area (Å²) in [6.45, 7) is 0.976. The van der Waals surface area contributed by atoms with Crippen LogP contribution in [0.5, 0.6) is 0 Å². The lowest BCUT2D eigenvalue weighted by Gasteiger charge is -2.27. The molecule has 4 heteroatoms. The zero-order chi connectivity index (χ0) is 14.5. The Morgan fingerprint density at radius 1 is 1.15 bits per heavy atom. The molecule has 0 bridgehead atoms. The van der Waals surface area contributed by atoms with E-state index >= 15 is 0 Å². The Bertz CT molecular complexity index is 557. The highest BCUT2D eigenvalue weighted by Crippen LogP contribution is 2.22. The Kier molecular flexibility index (Phi) is 5.12. The first kappa shape index (κ1) is 15.0. The van der Waals surface area contributed by atoms with Gasteiger partial charge in [0.05, 0.1) is 0 Å². The molecule has 0 radical (unpaired) electrons. The van der Waals surface area contributed by atoms with Crippen LogP contribution >= 0.6 is 11.6 Å². The first-order valence-corrected chi connectivity index (χ1v) is 6.89. The summed E-state index contributed by atoms with van der Waals surface area (Å²) in [6.07, 6.45) is 0. The van der Waals surface area contributed by atoms with Crippen molar-refractivity contribution < 1.29 is 4.39 Å². The van der Waals surface area contributed by atoms with Crippen LogP contribution in [-0.2, 0) is 6.54 Å². The smallest absolute Gasteiger partial charge is 0.127 e. The van der Waals surface area contributed by atoms with Crippen LogP contribution < -0.4 is 5.73 Å². The normalized spacial score (nSPS) is 12.7. The van der Waals surface area contributed by atoms with Crippen molar-refractivity contribution in [3.63, 3.8) is 0 Å². The second kappa shape index (κ2) is 6.84. The maximum Gasteiger partial charge on any atom is 0.127 e.